The summed E-state index contributed by atoms with van der Waals surface area (Å²) in [6.45, 7) is 6.53. The number of ether oxygens (including phenoxy) is 3. The molecular formula is C69H122O6. The maximum Gasteiger partial charge on any atom is 0.306 e. The average molecular weight is 1050 g/mol. The molecule has 0 amide bonds. The summed E-state index contributed by atoms with van der Waals surface area (Å²) in [6, 6.07) is 0. The topological polar surface area (TPSA) is 78.9 Å². The van der Waals surface area contributed by atoms with E-state index in [1.807, 2.05) is 0 Å². The fourth-order valence-electron chi connectivity index (χ4n) is 9.35. The van der Waals surface area contributed by atoms with E-state index in [0.717, 1.165) is 109 Å². The van der Waals surface area contributed by atoms with Gasteiger partial charge >= 0.3 is 17.9 Å². The fourth-order valence-corrected chi connectivity index (χ4v) is 9.35. The molecule has 0 bridgehead atoms. The number of hydrogen-bond acceptors (Lipinski definition) is 6. The first-order valence-electron chi connectivity index (χ1n) is 32.4. The van der Waals surface area contributed by atoms with Crippen molar-refractivity contribution < 1.29 is 28.6 Å². The summed E-state index contributed by atoms with van der Waals surface area (Å²) in [6.07, 6.45) is 81.9. The van der Waals surface area contributed by atoms with Crippen LogP contribution in [0.1, 0.15) is 329 Å². The van der Waals surface area contributed by atoms with Crippen molar-refractivity contribution in [3.8, 4) is 0 Å². The summed E-state index contributed by atoms with van der Waals surface area (Å²) >= 11 is 0. The SMILES string of the molecule is CC/C=C\C/C=C\C/C=C\C/C=C\CCCCCCCCC(=O)OC(COC(=O)CCCCCCCCC/C=C\C/C=C\CCCCC)COC(=O)CCCCCCCCCCCCCCCCCCCCCCC. The Labute approximate surface area is 465 Å². The molecule has 1 atom stereocenters. The van der Waals surface area contributed by atoms with Crippen molar-refractivity contribution >= 4 is 17.9 Å². The summed E-state index contributed by atoms with van der Waals surface area (Å²) in [4.78, 5) is 38.4. The van der Waals surface area contributed by atoms with Crippen LogP contribution in [0.3, 0.4) is 0 Å². The van der Waals surface area contributed by atoms with E-state index in [9.17, 15) is 14.4 Å². The molecule has 1 unspecified atom stereocenters. The Bertz CT molecular complexity index is 1390. The van der Waals surface area contributed by atoms with Crippen LogP contribution in [-0.2, 0) is 28.6 Å². The highest BCUT2D eigenvalue weighted by Gasteiger charge is 2.19. The van der Waals surface area contributed by atoms with Crippen LogP contribution in [0.2, 0.25) is 0 Å². The second-order valence-electron chi connectivity index (χ2n) is 21.6. The van der Waals surface area contributed by atoms with Crippen molar-refractivity contribution in [1.82, 2.24) is 0 Å². The third kappa shape index (κ3) is 61.6. The molecule has 0 fully saturated rings. The molecule has 0 aromatic heterocycles. The lowest BCUT2D eigenvalue weighted by Crippen LogP contribution is -2.30. The van der Waals surface area contributed by atoms with E-state index in [-0.39, 0.29) is 31.1 Å². The van der Waals surface area contributed by atoms with Gasteiger partial charge in [-0.15, -0.1) is 0 Å². The van der Waals surface area contributed by atoms with Gasteiger partial charge in [-0.3, -0.25) is 14.4 Å². The van der Waals surface area contributed by atoms with Crippen molar-refractivity contribution in [2.75, 3.05) is 13.2 Å². The number of unbranched alkanes of at least 4 members (excludes halogenated alkanes) is 36. The van der Waals surface area contributed by atoms with Gasteiger partial charge < -0.3 is 14.2 Å². The molecule has 6 nitrogen and oxygen atoms in total. The number of carbonyl (C=O) groups excluding carboxylic acids is 3. The Morgan fingerprint density at radius 2 is 0.520 bits per heavy atom. The monoisotopic (exact) mass is 1050 g/mol. The van der Waals surface area contributed by atoms with Gasteiger partial charge in [-0.05, 0) is 89.9 Å². The predicted octanol–water partition coefficient (Wildman–Crippen LogP) is 22.1. The lowest BCUT2D eigenvalue weighted by atomic mass is 10.0. The highest BCUT2D eigenvalue weighted by Crippen LogP contribution is 2.17. The zero-order chi connectivity index (χ0) is 54.3. The summed E-state index contributed by atoms with van der Waals surface area (Å²) < 4.78 is 16.9. The standard InChI is InChI=1S/C69H122O6/c1-4-7-10-13-16-19-22-25-28-31-33-34-36-38-41-44-47-50-53-56-59-62-68(71)74-65-66(64-73-67(70)61-58-55-52-49-46-43-40-37-30-27-24-21-18-15-12-9-6-3)75-69(72)63-60-57-54-51-48-45-42-39-35-32-29-26-23-20-17-14-11-8-5-2/h8,11,17-18,20-21,26-27,29-30,35,39,66H,4-7,9-10,12-16,19,22-25,28,31-34,36-38,40-65H2,1-3H3/b11-8-,20-17-,21-18-,29-26-,30-27-,39-35-. The molecule has 0 rings (SSSR count). The van der Waals surface area contributed by atoms with Crippen LogP contribution in [0.25, 0.3) is 0 Å². The van der Waals surface area contributed by atoms with Crippen LogP contribution in [0.15, 0.2) is 72.9 Å². The van der Waals surface area contributed by atoms with Crippen molar-refractivity contribution in [3.05, 3.63) is 72.9 Å². The third-order valence-corrected chi connectivity index (χ3v) is 14.2. The highest BCUT2D eigenvalue weighted by atomic mass is 16.6. The first-order valence-corrected chi connectivity index (χ1v) is 32.4. The van der Waals surface area contributed by atoms with Gasteiger partial charge in [-0.1, -0.05) is 293 Å². The predicted molar refractivity (Wildman–Crippen MR) is 325 cm³/mol. The fraction of sp³-hybridized carbons (Fsp3) is 0.783. The number of hydrogen-bond donors (Lipinski definition) is 0. The molecule has 0 heterocycles. The van der Waals surface area contributed by atoms with Gasteiger partial charge in [0.1, 0.15) is 13.2 Å². The minimum atomic E-state index is -0.787. The molecule has 0 radical (unpaired) electrons. The maximum absolute atomic E-state index is 12.9. The van der Waals surface area contributed by atoms with Gasteiger partial charge in [0.2, 0.25) is 0 Å². The number of carbonyl (C=O) groups is 3. The first kappa shape index (κ1) is 71.8. The molecular weight excluding hydrogens is 925 g/mol. The van der Waals surface area contributed by atoms with Crippen LogP contribution in [0.4, 0.5) is 0 Å². The second kappa shape index (κ2) is 63.4. The van der Waals surface area contributed by atoms with Gasteiger partial charge in [0, 0.05) is 19.3 Å². The minimum Gasteiger partial charge on any atom is -0.462 e. The number of allylic oxidation sites excluding steroid dienone is 12. The Balaban J connectivity index is 4.37. The number of rotatable bonds is 59. The van der Waals surface area contributed by atoms with Crippen LogP contribution >= 0.6 is 0 Å². The normalized spacial score (nSPS) is 12.5. The van der Waals surface area contributed by atoms with Crippen LogP contribution in [-0.4, -0.2) is 37.2 Å². The Hall–Kier alpha value is -3.15. The molecule has 0 spiro atoms. The summed E-state index contributed by atoms with van der Waals surface area (Å²) in [7, 11) is 0. The van der Waals surface area contributed by atoms with E-state index >= 15 is 0 Å². The molecule has 0 aromatic carbocycles. The van der Waals surface area contributed by atoms with E-state index < -0.39 is 6.10 Å². The molecule has 75 heavy (non-hydrogen) atoms. The lowest BCUT2D eigenvalue weighted by molar-refractivity contribution is -0.167. The Kier molecular flexibility index (Phi) is 60.7. The first-order chi connectivity index (χ1) is 37.0. The third-order valence-electron chi connectivity index (χ3n) is 14.2. The Morgan fingerprint density at radius 1 is 0.280 bits per heavy atom. The average Bonchev–Trinajstić information content (AvgIpc) is 3.41. The van der Waals surface area contributed by atoms with Crippen LogP contribution in [0.5, 0.6) is 0 Å². The van der Waals surface area contributed by atoms with E-state index in [1.165, 1.54) is 180 Å². The van der Waals surface area contributed by atoms with E-state index in [2.05, 4.69) is 93.7 Å². The summed E-state index contributed by atoms with van der Waals surface area (Å²) in [5.74, 6) is -0.886. The zero-order valence-corrected chi connectivity index (χ0v) is 49.8. The van der Waals surface area contributed by atoms with Gasteiger partial charge in [-0.2, -0.15) is 0 Å². The van der Waals surface area contributed by atoms with Crippen molar-refractivity contribution in [2.45, 2.75) is 335 Å². The molecule has 0 aliphatic rings. The minimum absolute atomic E-state index is 0.0810. The molecule has 0 N–H and O–H groups in total. The maximum atomic E-state index is 12.9. The number of esters is 3. The van der Waals surface area contributed by atoms with Crippen LogP contribution in [0, 0.1) is 0 Å². The van der Waals surface area contributed by atoms with Gasteiger partial charge in [-0.25, -0.2) is 0 Å². The second-order valence-corrected chi connectivity index (χ2v) is 21.6. The molecule has 0 aromatic rings. The lowest BCUT2D eigenvalue weighted by Gasteiger charge is -2.18. The van der Waals surface area contributed by atoms with Crippen molar-refractivity contribution in [2.24, 2.45) is 0 Å². The smallest absolute Gasteiger partial charge is 0.306 e. The molecule has 0 saturated carbocycles. The molecule has 0 saturated heterocycles. The van der Waals surface area contributed by atoms with Crippen LogP contribution < -0.4 is 0 Å². The quantitative estimate of drug-likeness (QED) is 0.0261. The van der Waals surface area contributed by atoms with Gasteiger partial charge in [0.05, 0.1) is 0 Å². The van der Waals surface area contributed by atoms with E-state index in [1.54, 1.807) is 0 Å². The summed E-state index contributed by atoms with van der Waals surface area (Å²) in [5.41, 5.74) is 0. The largest absolute Gasteiger partial charge is 0.462 e. The van der Waals surface area contributed by atoms with E-state index in [0.29, 0.717) is 19.3 Å². The van der Waals surface area contributed by atoms with E-state index in [4.69, 9.17) is 14.2 Å². The summed E-state index contributed by atoms with van der Waals surface area (Å²) in [5, 5.41) is 0. The Morgan fingerprint density at radius 3 is 0.840 bits per heavy atom. The zero-order valence-electron chi connectivity index (χ0n) is 49.8. The van der Waals surface area contributed by atoms with Crippen molar-refractivity contribution in [3.63, 3.8) is 0 Å². The van der Waals surface area contributed by atoms with Crippen molar-refractivity contribution in [1.29, 1.82) is 0 Å². The van der Waals surface area contributed by atoms with Gasteiger partial charge in [0.25, 0.3) is 0 Å². The van der Waals surface area contributed by atoms with Gasteiger partial charge in [0.15, 0.2) is 6.10 Å². The molecule has 434 valence electrons. The molecule has 0 aliphatic carbocycles. The highest BCUT2D eigenvalue weighted by molar-refractivity contribution is 5.71. The molecule has 0 aliphatic heterocycles. The molecule has 6 heteroatoms.